The van der Waals surface area contributed by atoms with E-state index in [-0.39, 0.29) is 24.1 Å². The van der Waals surface area contributed by atoms with Crippen molar-refractivity contribution < 1.29 is 19.0 Å². The summed E-state index contributed by atoms with van der Waals surface area (Å²) in [6, 6.07) is 0. The fraction of sp³-hybridized carbons (Fsp3) is 0.889. The molecule has 0 spiro atoms. The largest absolute Gasteiger partial charge is 0.462 e. The molecule has 2 fully saturated rings. The maximum atomic E-state index is 10.8. The second kappa shape index (κ2) is 3.64. The molecular formula is C9H14O4. The lowest BCUT2D eigenvalue weighted by Gasteiger charge is -2.31. The third kappa shape index (κ3) is 1.84. The van der Waals surface area contributed by atoms with Gasteiger partial charge in [0.2, 0.25) is 0 Å². The van der Waals surface area contributed by atoms with Gasteiger partial charge >= 0.3 is 5.97 Å². The quantitative estimate of drug-likeness (QED) is 0.554. The van der Waals surface area contributed by atoms with E-state index in [9.17, 15) is 4.79 Å². The Labute approximate surface area is 77.1 Å². The summed E-state index contributed by atoms with van der Waals surface area (Å²) in [4.78, 5) is 10.8. The number of hydrogen-bond acceptors (Lipinski definition) is 4. The van der Waals surface area contributed by atoms with Gasteiger partial charge in [0.25, 0.3) is 0 Å². The molecule has 0 saturated carbocycles. The first-order valence-electron chi connectivity index (χ1n) is 4.64. The van der Waals surface area contributed by atoms with E-state index >= 15 is 0 Å². The van der Waals surface area contributed by atoms with Gasteiger partial charge in [-0.15, -0.1) is 0 Å². The molecular weight excluding hydrogens is 172 g/mol. The fourth-order valence-electron chi connectivity index (χ4n) is 1.98. The van der Waals surface area contributed by atoms with Crippen LogP contribution in [0.3, 0.4) is 0 Å². The summed E-state index contributed by atoms with van der Waals surface area (Å²) in [5.74, 6) is 0.0372. The normalized spacial score (nSPS) is 38.4. The van der Waals surface area contributed by atoms with Gasteiger partial charge in [-0.1, -0.05) is 0 Å². The SMILES string of the molecule is CC(=O)OC1CCOC2COCC21. The number of carbonyl (C=O) groups is 1. The summed E-state index contributed by atoms with van der Waals surface area (Å²) >= 11 is 0. The minimum absolute atomic E-state index is 0.00116. The van der Waals surface area contributed by atoms with Crippen LogP contribution in [0.15, 0.2) is 0 Å². The molecule has 0 aromatic rings. The van der Waals surface area contributed by atoms with Gasteiger partial charge in [0, 0.05) is 19.3 Å². The lowest BCUT2D eigenvalue weighted by atomic mass is 9.94. The van der Waals surface area contributed by atoms with Crippen molar-refractivity contribution in [2.75, 3.05) is 19.8 Å². The highest BCUT2D eigenvalue weighted by atomic mass is 16.6. The molecule has 4 nitrogen and oxygen atoms in total. The second-order valence-electron chi connectivity index (χ2n) is 3.55. The van der Waals surface area contributed by atoms with Crippen molar-refractivity contribution in [1.82, 2.24) is 0 Å². The van der Waals surface area contributed by atoms with E-state index in [1.807, 2.05) is 0 Å². The Balaban J connectivity index is 1.97. The van der Waals surface area contributed by atoms with Crippen LogP contribution in [0.4, 0.5) is 0 Å². The van der Waals surface area contributed by atoms with Gasteiger partial charge in [-0.2, -0.15) is 0 Å². The van der Waals surface area contributed by atoms with E-state index in [1.165, 1.54) is 6.92 Å². The third-order valence-electron chi connectivity index (χ3n) is 2.60. The number of rotatable bonds is 1. The molecule has 13 heavy (non-hydrogen) atoms. The monoisotopic (exact) mass is 186 g/mol. The lowest BCUT2D eigenvalue weighted by Crippen LogP contribution is -2.41. The minimum atomic E-state index is -0.211. The van der Waals surface area contributed by atoms with Gasteiger partial charge < -0.3 is 14.2 Å². The first-order valence-corrected chi connectivity index (χ1v) is 4.64. The van der Waals surface area contributed by atoms with Crippen LogP contribution in [0.2, 0.25) is 0 Å². The molecule has 2 aliphatic heterocycles. The Morgan fingerprint density at radius 1 is 1.46 bits per heavy atom. The zero-order valence-corrected chi connectivity index (χ0v) is 7.69. The Morgan fingerprint density at radius 2 is 2.31 bits per heavy atom. The highest BCUT2D eigenvalue weighted by Gasteiger charge is 2.40. The van der Waals surface area contributed by atoms with Gasteiger partial charge in [-0.05, 0) is 0 Å². The highest BCUT2D eigenvalue weighted by molar-refractivity contribution is 5.66. The van der Waals surface area contributed by atoms with E-state index in [0.29, 0.717) is 19.8 Å². The van der Waals surface area contributed by atoms with Crippen molar-refractivity contribution in [1.29, 1.82) is 0 Å². The van der Waals surface area contributed by atoms with Crippen LogP contribution in [-0.2, 0) is 19.0 Å². The molecule has 2 aliphatic rings. The van der Waals surface area contributed by atoms with Gasteiger partial charge in [0.15, 0.2) is 0 Å². The zero-order chi connectivity index (χ0) is 9.26. The highest BCUT2D eigenvalue weighted by Crippen LogP contribution is 2.28. The molecule has 0 N–H and O–H groups in total. The standard InChI is InChI=1S/C9H14O4/c1-6(10)13-8-2-3-12-9-5-11-4-7(8)9/h7-9H,2-5H2,1H3. The molecule has 2 saturated heterocycles. The number of esters is 1. The maximum Gasteiger partial charge on any atom is 0.302 e. The van der Waals surface area contributed by atoms with E-state index < -0.39 is 0 Å². The van der Waals surface area contributed by atoms with Crippen molar-refractivity contribution >= 4 is 5.97 Å². The number of ether oxygens (including phenoxy) is 3. The van der Waals surface area contributed by atoms with Gasteiger partial charge in [-0.25, -0.2) is 0 Å². The van der Waals surface area contributed by atoms with Crippen molar-refractivity contribution in [3.63, 3.8) is 0 Å². The number of hydrogen-bond donors (Lipinski definition) is 0. The molecule has 0 radical (unpaired) electrons. The van der Waals surface area contributed by atoms with Crippen molar-refractivity contribution in [3.05, 3.63) is 0 Å². The Morgan fingerprint density at radius 3 is 3.08 bits per heavy atom. The van der Waals surface area contributed by atoms with E-state index in [0.717, 1.165) is 6.42 Å². The van der Waals surface area contributed by atoms with Crippen LogP contribution >= 0.6 is 0 Å². The maximum absolute atomic E-state index is 10.8. The molecule has 0 aliphatic carbocycles. The van der Waals surface area contributed by atoms with Crippen molar-refractivity contribution in [3.8, 4) is 0 Å². The summed E-state index contributed by atoms with van der Waals surface area (Å²) in [7, 11) is 0. The van der Waals surface area contributed by atoms with Gasteiger partial charge in [-0.3, -0.25) is 4.79 Å². The molecule has 0 aromatic heterocycles. The predicted molar refractivity (Wildman–Crippen MR) is 44.2 cm³/mol. The average Bonchev–Trinajstić information content (AvgIpc) is 2.51. The van der Waals surface area contributed by atoms with E-state index in [1.54, 1.807) is 0 Å². The smallest absolute Gasteiger partial charge is 0.302 e. The molecule has 3 atom stereocenters. The first kappa shape index (κ1) is 8.97. The summed E-state index contributed by atoms with van der Waals surface area (Å²) < 4.78 is 16.0. The third-order valence-corrected chi connectivity index (χ3v) is 2.60. The lowest BCUT2D eigenvalue weighted by molar-refractivity contribution is -0.158. The van der Waals surface area contributed by atoms with Crippen LogP contribution in [0, 0.1) is 5.92 Å². The van der Waals surface area contributed by atoms with Crippen LogP contribution in [0.5, 0.6) is 0 Å². The topological polar surface area (TPSA) is 44.8 Å². The molecule has 4 heteroatoms. The Hall–Kier alpha value is -0.610. The summed E-state index contributed by atoms with van der Waals surface area (Å²) in [6.07, 6.45) is 0.932. The second-order valence-corrected chi connectivity index (χ2v) is 3.55. The first-order chi connectivity index (χ1) is 6.27. The molecule has 0 aromatic carbocycles. The zero-order valence-electron chi connectivity index (χ0n) is 7.69. The van der Waals surface area contributed by atoms with Crippen molar-refractivity contribution in [2.24, 2.45) is 5.92 Å². The van der Waals surface area contributed by atoms with Crippen LogP contribution in [0.25, 0.3) is 0 Å². The molecule has 74 valence electrons. The average molecular weight is 186 g/mol. The van der Waals surface area contributed by atoms with E-state index in [2.05, 4.69) is 0 Å². The van der Waals surface area contributed by atoms with Crippen LogP contribution < -0.4 is 0 Å². The summed E-state index contributed by atoms with van der Waals surface area (Å²) in [5, 5.41) is 0. The Kier molecular flexibility index (Phi) is 2.51. The number of fused-ring (bicyclic) bond motifs is 1. The molecule has 0 bridgehead atoms. The van der Waals surface area contributed by atoms with Crippen LogP contribution in [-0.4, -0.2) is 38.0 Å². The molecule has 3 unspecified atom stereocenters. The van der Waals surface area contributed by atoms with Crippen LogP contribution in [0.1, 0.15) is 13.3 Å². The molecule has 2 rings (SSSR count). The van der Waals surface area contributed by atoms with Gasteiger partial charge in [0.1, 0.15) is 6.10 Å². The molecule has 0 amide bonds. The van der Waals surface area contributed by atoms with Crippen molar-refractivity contribution in [2.45, 2.75) is 25.6 Å². The summed E-state index contributed by atoms with van der Waals surface area (Å²) in [6.45, 7) is 3.41. The predicted octanol–water partition coefficient (Wildman–Crippen LogP) is 0.353. The molecule has 2 heterocycles. The van der Waals surface area contributed by atoms with Gasteiger partial charge in [0.05, 0.1) is 25.9 Å². The van der Waals surface area contributed by atoms with E-state index in [4.69, 9.17) is 14.2 Å². The summed E-state index contributed by atoms with van der Waals surface area (Å²) in [5.41, 5.74) is 0. The fourth-order valence-corrected chi connectivity index (χ4v) is 1.98. The number of carbonyl (C=O) groups excluding carboxylic acids is 1. The minimum Gasteiger partial charge on any atom is -0.462 e. The Bertz CT molecular complexity index is 204.